The van der Waals surface area contributed by atoms with Crippen LogP contribution in [0.3, 0.4) is 0 Å². The maximum Gasteiger partial charge on any atom is 0.233 e. The Kier molecular flexibility index (Phi) is 3.56. The van der Waals surface area contributed by atoms with Crippen molar-refractivity contribution in [2.45, 2.75) is 6.54 Å². The largest absolute Gasteiger partial charge is 0.361 e. The number of benzene rings is 1. The van der Waals surface area contributed by atoms with E-state index in [0.29, 0.717) is 35.4 Å². The van der Waals surface area contributed by atoms with Gasteiger partial charge in [-0.1, -0.05) is 12.1 Å². The number of imidazole rings is 2. The van der Waals surface area contributed by atoms with Gasteiger partial charge >= 0.3 is 0 Å². The van der Waals surface area contributed by atoms with E-state index in [-0.39, 0.29) is 0 Å². The van der Waals surface area contributed by atoms with Gasteiger partial charge in [-0.25, -0.2) is 19.9 Å². The van der Waals surface area contributed by atoms with Crippen molar-refractivity contribution in [2.24, 2.45) is 0 Å². The van der Waals surface area contributed by atoms with Crippen molar-refractivity contribution in [1.82, 2.24) is 39.9 Å². The van der Waals surface area contributed by atoms with E-state index in [0.717, 1.165) is 16.9 Å². The van der Waals surface area contributed by atoms with Crippen LogP contribution in [0.1, 0.15) is 5.82 Å². The van der Waals surface area contributed by atoms with Crippen LogP contribution in [-0.4, -0.2) is 39.9 Å². The van der Waals surface area contributed by atoms with Gasteiger partial charge in [-0.2, -0.15) is 9.97 Å². The summed E-state index contributed by atoms with van der Waals surface area (Å²) < 4.78 is 0. The van der Waals surface area contributed by atoms with Crippen LogP contribution in [-0.2, 0) is 6.54 Å². The molecule has 0 atom stereocenters. The molecule has 0 bridgehead atoms. The fourth-order valence-electron chi connectivity index (χ4n) is 2.74. The third kappa shape index (κ3) is 2.99. The Hall–Kier alpha value is -4.08. The molecule has 5 aromatic rings. The zero-order valence-electron chi connectivity index (χ0n) is 14.0. The van der Waals surface area contributed by atoms with Crippen LogP contribution in [0.5, 0.6) is 0 Å². The zero-order chi connectivity index (χ0) is 18.1. The van der Waals surface area contributed by atoms with Crippen molar-refractivity contribution in [1.29, 1.82) is 0 Å². The Morgan fingerprint density at radius 1 is 0.889 bits per heavy atom. The second-order valence-corrected chi connectivity index (χ2v) is 5.75. The Balaban J connectivity index is 1.43. The van der Waals surface area contributed by atoms with Crippen LogP contribution in [0.25, 0.3) is 22.2 Å². The van der Waals surface area contributed by atoms with Crippen LogP contribution < -0.4 is 10.6 Å². The van der Waals surface area contributed by atoms with Gasteiger partial charge in [0.1, 0.15) is 11.3 Å². The lowest BCUT2D eigenvalue weighted by Crippen LogP contribution is -2.07. The van der Waals surface area contributed by atoms with Gasteiger partial charge in [-0.3, -0.25) is 5.32 Å². The number of H-pyrrole nitrogens is 2. The molecule has 0 radical (unpaired) electrons. The minimum absolute atomic E-state index is 0.355. The van der Waals surface area contributed by atoms with Crippen LogP contribution in [0, 0.1) is 0 Å². The Morgan fingerprint density at radius 2 is 1.78 bits per heavy atom. The molecule has 27 heavy (non-hydrogen) atoms. The molecule has 0 unspecified atom stereocenters. The van der Waals surface area contributed by atoms with Gasteiger partial charge in [0.25, 0.3) is 0 Å². The molecule has 1 aromatic carbocycles. The smallest absolute Gasteiger partial charge is 0.233 e. The molecule has 0 fully saturated rings. The highest BCUT2D eigenvalue weighted by Crippen LogP contribution is 2.20. The van der Waals surface area contributed by atoms with Crippen molar-refractivity contribution in [3.63, 3.8) is 0 Å². The Labute approximate surface area is 152 Å². The van der Waals surface area contributed by atoms with Gasteiger partial charge in [0.15, 0.2) is 11.5 Å². The molecular weight excluding hydrogens is 344 g/mol. The first kappa shape index (κ1) is 15.2. The molecule has 5 rings (SSSR count). The number of rotatable bonds is 5. The summed E-state index contributed by atoms with van der Waals surface area (Å²) in [5, 5.41) is 6.26. The molecule has 0 aliphatic carbocycles. The first-order valence-corrected chi connectivity index (χ1v) is 8.28. The predicted molar refractivity (Wildman–Crippen MR) is 100 cm³/mol. The summed E-state index contributed by atoms with van der Waals surface area (Å²) in [5.74, 6) is 2.18. The monoisotopic (exact) mass is 358 g/mol. The summed E-state index contributed by atoms with van der Waals surface area (Å²) in [4.78, 5) is 32.3. The maximum absolute atomic E-state index is 4.56. The summed E-state index contributed by atoms with van der Waals surface area (Å²) in [6.07, 6.45) is 4.86. The number of aromatic amines is 2. The molecule has 0 aliphatic heterocycles. The van der Waals surface area contributed by atoms with Gasteiger partial charge in [0.2, 0.25) is 11.9 Å². The average Bonchev–Trinajstić information content (AvgIpc) is 3.33. The highest BCUT2D eigenvalue weighted by molar-refractivity contribution is 5.84. The van der Waals surface area contributed by atoms with E-state index in [1.54, 1.807) is 24.8 Å². The number of nitrogens with one attached hydrogen (secondary N) is 4. The summed E-state index contributed by atoms with van der Waals surface area (Å²) in [6.45, 7) is 0.473. The standard InChI is InChI=1S/C17H14N10/c1-2-5-11-10(4-1)23-12(24-11)8-20-14-13-15(22-9-21-13)26-17(25-14)27-16-18-6-3-7-19-16/h1-7,9H,8H2,(H,23,24)(H3,18,19,20,21,22,25,26,27). The number of hydrogen-bond acceptors (Lipinski definition) is 8. The molecule has 10 nitrogen and oxygen atoms in total. The molecular formula is C17H14N10. The first-order valence-electron chi connectivity index (χ1n) is 8.28. The lowest BCUT2D eigenvalue weighted by molar-refractivity contribution is 0.996. The first-order chi connectivity index (χ1) is 13.3. The molecule has 132 valence electrons. The fourth-order valence-corrected chi connectivity index (χ4v) is 2.74. The van der Waals surface area contributed by atoms with E-state index >= 15 is 0 Å². The molecule has 10 heteroatoms. The molecule has 4 N–H and O–H groups in total. The normalized spacial score (nSPS) is 11.1. The van der Waals surface area contributed by atoms with E-state index < -0.39 is 0 Å². The van der Waals surface area contributed by atoms with Crippen molar-refractivity contribution < 1.29 is 0 Å². The quantitative estimate of drug-likeness (QED) is 0.376. The van der Waals surface area contributed by atoms with Crippen LogP contribution in [0.2, 0.25) is 0 Å². The Morgan fingerprint density at radius 3 is 2.67 bits per heavy atom. The summed E-state index contributed by atoms with van der Waals surface area (Å²) in [5.41, 5.74) is 3.17. The minimum atomic E-state index is 0.355. The van der Waals surface area contributed by atoms with Crippen molar-refractivity contribution in [2.75, 3.05) is 10.6 Å². The summed E-state index contributed by atoms with van der Waals surface area (Å²) >= 11 is 0. The number of fused-ring (bicyclic) bond motifs is 2. The van der Waals surface area contributed by atoms with E-state index in [1.807, 2.05) is 24.3 Å². The van der Waals surface area contributed by atoms with Crippen molar-refractivity contribution >= 4 is 39.9 Å². The SMILES string of the molecule is c1cnc(Nc2nc(NCc3nc4ccccc4[nH]3)c3[nH]cnc3n2)nc1. The predicted octanol–water partition coefficient (Wildman–Crippen LogP) is 2.37. The van der Waals surface area contributed by atoms with Crippen LogP contribution in [0.4, 0.5) is 17.7 Å². The van der Waals surface area contributed by atoms with E-state index in [4.69, 9.17) is 0 Å². The number of hydrogen-bond donors (Lipinski definition) is 4. The van der Waals surface area contributed by atoms with E-state index in [2.05, 4.69) is 50.5 Å². The van der Waals surface area contributed by atoms with Gasteiger partial charge in [0.05, 0.1) is 23.9 Å². The number of anilines is 3. The van der Waals surface area contributed by atoms with Crippen LogP contribution >= 0.6 is 0 Å². The highest BCUT2D eigenvalue weighted by atomic mass is 15.2. The van der Waals surface area contributed by atoms with Crippen molar-refractivity contribution in [3.8, 4) is 0 Å². The lowest BCUT2D eigenvalue weighted by atomic mass is 10.3. The van der Waals surface area contributed by atoms with Crippen LogP contribution in [0.15, 0.2) is 49.1 Å². The van der Waals surface area contributed by atoms with Crippen molar-refractivity contribution in [3.05, 3.63) is 54.9 Å². The second kappa shape index (κ2) is 6.33. The molecule has 4 aromatic heterocycles. The van der Waals surface area contributed by atoms with E-state index in [1.165, 1.54) is 0 Å². The van der Waals surface area contributed by atoms with E-state index in [9.17, 15) is 0 Å². The third-order valence-electron chi connectivity index (χ3n) is 3.94. The fraction of sp³-hybridized carbons (Fsp3) is 0.0588. The zero-order valence-corrected chi connectivity index (χ0v) is 14.0. The molecule has 0 saturated carbocycles. The molecule has 0 spiro atoms. The number of nitrogens with zero attached hydrogens (tertiary/aromatic N) is 6. The minimum Gasteiger partial charge on any atom is -0.361 e. The second-order valence-electron chi connectivity index (χ2n) is 5.75. The van der Waals surface area contributed by atoms with Gasteiger partial charge < -0.3 is 15.3 Å². The average molecular weight is 358 g/mol. The third-order valence-corrected chi connectivity index (χ3v) is 3.94. The highest BCUT2D eigenvalue weighted by Gasteiger charge is 2.11. The van der Waals surface area contributed by atoms with Gasteiger partial charge in [-0.15, -0.1) is 0 Å². The summed E-state index contributed by atoms with van der Waals surface area (Å²) in [6, 6.07) is 9.63. The molecule has 0 aliphatic rings. The lowest BCUT2D eigenvalue weighted by Gasteiger charge is -2.08. The van der Waals surface area contributed by atoms with Gasteiger partial charge in [-0.05, 0) is 18.2 Å². The topological polar surface area (TPSA) is 133 Å². The number of aromatic nitrogens is 8. The summed E-state index contributed by atoms with van der Waals surface area (Å²) in [7, 11) is 0. The Bertz CT molecular complexity index is 1180. The van der Waals surface area contributed by atoms with Gasteiger partial charge in [0, 0.05) is 12.4 Å². The number of para-hydroxylation sites is 2. The molecule has 4 heterocycles. The molecule has 0 saturated heterocycles. The maximum atomic E-state index is 4.56. The molecule has 0 amide bonds.